The minimum absolute atomic E-state index is 0.0581. The first kappa shape index (κ1) is 19.0. The number of carbonyl (C=O) groups excluding carboxylic acids is 2. The van der Waals surface area contributed by atoms with Crippen molar-refractivity contribution in [2.45, 2.75) is 26.8 Å². The molecule has 1 aliphatic rings. The van der Waals surface area contributed by atoms with Crippen LogP contribution in [0.15, 0.2) is 54.1 Å². The predicted molar refractivity (Wildman–Crippen MR) is 112 cm³/mol. The van der Waals surface area contributed by atoms with Gasteiger partial charge in [0.2, 0.25) is 5.13 Å². The highest BCUT2D eigenvalue weighted by atomic mass is 32.1. The molecule has 2 aromatic carbocycles. The van der Waals surface area contributed by atoms with E-state index < -0.39 is 17.7 Å². The molecular formula is C22H19N3O3S. The third-order valence-electron chi connectivity index (χ3n) is 4.93. The first-order valence-electron chi connectivity index (χ1n) is 9.12. The number of aromatic nitrogens is 2. The Morgan fingerprint density at radius 1 is 1.03 bits per heavy atom. The average molecular weight is 405 g/mol. The van der Waals surface area contributed by atoms with E-state index in [9.17, 15) is 14.7 Å². The van der Waals surface area contributed by atoms with Crippen molar-refractivity contribution in [3.63, 3.8) is 0 Å². The van der Waals surface area contributed by atoms with Crippen molar-refractivity contribution in [1.82, 2.24) is 10.2 Å². The standard InChI is InChI=1S/C22H19N3O3S/c1-12-9-10-13(2)16(11-12)19(26)17-18(15-7-5-4-6-8-15)25(21(28)20(17)27)22-24-23-14(3)29-22/h4-11,18,26H,1-3H3/t18-/m0/s1. The summed E-state index contributed by atoms with van der Waals surface area (Å²) in [4.78, 5) is 27.3. The summed E-state index contributed by atoms with van der Waals surface area (Å²) in [5.74, 6) is -1.63. The molecule has 1 saturated heterocycles. The summed E-state index contributed by atoms with van der Waals surface area (Å²) < 4.78 is 0. The molecule has 146 valence electrons. The van der Waals surface area contributed by atoms with Gasteiger partial charge in [-0.3, -0.25) is 14.5 Å². The minimum atomic E-state index is -0.775. The summed E-state index contributed by atoms with van der Waals surface area (Å²) in [6, 6.07) is 14.0. The van der Waals surface area contributed by atoms with E-state index in [1.807, 2.05) is 62.4 Å². The number of rotatable bonds is 3. The van der Waals surface area contributed by atoms with E-state index in [1.54, 1.807) is 6.92 Å². The third-order valence-corrected chi connectivity index (χ3v) is 5.77. The summed E-state index contributed by atoms with van der Waals surface area (Å²) in [6.07, 6.45) is 0. The highest BCUT2D eigenvalue weighted by molar-refractivity contribution is 7.15. The molecule has 7 heteroatoms. The SMILES string of the molecule is Cc1ccc(C)c(C(O)=C2C(=O)C(=O)N(c3nnc(C)s3)[C@H]2c2ccccc2)c1. The number of nitrogens with zero attached hydrogens (tertiary/aromatic N) is 3. The second kappa shape index (κ2) is 7.25. The van der Waals surface area contributed by atoms with Crippen LogP contribution < -0.4 is 4.90 Å². The molecule has 0 radical (unpaired) electrons. The Kier molecular flexibility index (Phi) is 4.76. The van der Waals surface area contributed by atoms with Crippen LogP contribution in [0.3, 0.4) is 0 Å². The average Bonchev–Trinajstić information content (AvgIpc) is 3.25. The van der Waals surface area contributed by atoms with Gasteiger partial charge in [-0.25, -0.2) is 0 Å². The van der Waals surface area contributed by atoms with Crippen LogP contribution in [0.1, 0.15) is 33.3 Å². The van der Waals surface area contributed by atoms with Gasteiger partial charge >= 0.3 is 5.91 Å². The zero-order valence-electron chi connectivity index (χ0n) is 16.2. The topological polar surface area (TPSA) is 83.4 Å². The number of anilines is 1. The number of hydrogen-bond acceptors (Lipinski definition) is 6. The van der Waals surface area contributed by atoms with Gasteiger partial charge in [-0.05, 0) is 38.0 Å². The maximum Gasteiger partial charge on any atom is 0.301 e. The van der Waals surface area contributed by atoms with Crippen molar-refractivity contribution in [3.8, 4) is 0 Å². The fourth-order valence-electron chi connectivity index (χ4n) is 3.50. The number of hydrogen-bond donors (Lipinski definition) is 1. The van der Waals surface area contributed by atoms with E-state index in [4.69, 9.17) is 0 Å². The molecule has 0 aliphatic carbocycles. The Morgan fingerprint density at radius 3 is 2.41 bits per heavy atom. The van der Waals surface area contributed by atoms with Crippen LogP contribution in [0.25, 0.3) is 5.76 Å². The molecule has 1 N–H and O–H groups in total. The van der Waals surface area contributed by atoms with Gasteiger partial charge in [0.1, 0.15) is 10.8 Å². The first-order valence-corrected chi connectivity index (χ1v) is 9.94. The van der Waals surface area contributed by atoms with Crippen LogP contribution in [0.5, 0.6) is 0 Å². The molecule has 0 saturated carbocycles. The van der Waals surface area contributed by atoms with E-state index >= 15 is 0 Å². The lowest BCUT2D eigenvalue weighted by atomic mass is 9.93. The molecule has 29 heavy (non-hydrogen) atoms. The van der Waals surface area contributed by atoms with Gasteiger partial charge in [-0.2, -0.15) is 0 Å². The maximum absolute atomic E-state index is 13.0. The van der Waals surface area contributed by atoms with Crippen molar-refractivity contribution in [2.75, 3.05) is 4.90 Å². The summed E-state index contributed by atoms with van der Waals surface area (Å²) >= 11 is 1.23. The molecule has 0 unspecified atom stereocenters. The fourth-order valence-corrected chi connectivity index (χ4v) is 4.21. The van der Waals surface area contributed by atoms with Crippen LogP contribution in [-0.4, -0.2) is 27.0 Å². The second-order valence-electron chi connectivity index (χ2n) is 7.00. The number of aryl methyl sites for hydroxylation is 3. The van der Waals surface area contributed by atoms with Crippen LogP contribution in [0.4, 0.5) is 5.13 Å². The number of aliphatic hydroxyl groups is 1. The van der Waals surface area contributed by atoms with E-state index in [0.29, 0.717) is 21.3 Å². The Bertz CT molecular complexity index is 1150. The van der Waals surface area contributed by atoms with Gasteiger partial charge in [0, 0.05) is 5.56 Å². The number of benzene rings is 2. The van der Waals surface area contributed by atoms with Crippen molar-refractivity contribution in [2.24, 2.45) is 0 Å². The fraction of sp³-hybridized carbons (Fsp3) is 0.182. The Labute approximate surface area is 172 Å². The minimum Gasteiger partial charge on any atom is -0.507 e. The molecule has 1 fully saturated rings. The van der Waals surface area contributed by atoms with Gasteiger partial charge in [0.05, 0.1) is 11.6 Å². The van der Waals surface area contributed by atoms with Crippen molar-refractivity contribution < 1.29 is 14.7 Å². The van der Waals surface area contributed by atoms with E-state index in [2.05, 4.69) is 10.2 Å². The van der Waals surface area contributed by atoms with Crippen LogP contribution in [0.2, 0.25) is 0 Å². The van der Waals surface area contributed by atoms with Gasteiger partial charge < -0.3 is 5.11 Å². The second-order valence-corrected chi connectivity index (χ2v) is 8.16. The smallest absolute Gasteiger partial charge is 0.301 e. The zero-order chi connectivity index (χ0) is 20.7. The number of carbonyl (C=O) groups is 2. The lowest BCUT2D eigenvalue weighted by Gasteiger charge is -2.22. The maximum atomic E-state index is 13.0. The van der Waals surface area contributed by atoms with Crippen molar-refractivity contribution in [1.29, 1.82) is 0 Å². The lowest BCUT2D eigenvalue weighted by Crippen LogP contribution is -2.29. The lowest BCUT2D eigenvalue weighted by molar-refractivity contribution is -0.132. The molecule has 2 heterocycles. The van der Waals surface area contributed by atoms with E-state index in [0.717, 1.165) is 11.1 Å². The van der Waals surface area contributed by atoms with E-state index in [1.165, 1.54) is 16.2 Å². The Balaban J connectivity index is 1.97. The first-order chi connectivity index (χ1) is 13.9. The predicted octanol–water partition coefficient (Wildman–Crippen LogP) is 4.09. The largest absolute Gasteiger partial charge is 0.507 e. The normalized spacial score (nSPS) is 18.4. The molecule has 1 aromatic heterocycles. The van der Waals surface area contributed by atoms with Crippen LogP contribution in [0, 0.1) is 20.8 Å². The monoisotopic (exact) mass is 405 g/mol. The summed E-state index contributed by atoms with van der Waals surface area (Å²) in [6.45, 7) is 5.55. The highest BCUT2D eigenvalue weighted by Crippen LogP contribution is 2.43. The van der Waals surface area contributed by atoms with Crippen molar-refractivity contribution >= 4 is 33.9 Å². The molecule has 0 bridgehead atoms. The number of amides is 1. The van der Waals surface area contributed by atoms with Crippen LogP contribution >= 0.6 is 11.3 Å². The summed E-state index contributed by atoms with van der Waals surface area (Å²) in [5, 5.41) is 20.2. The molecular weight excluding hydrogens is 386 g/mol. The number of aliphatic hydroxyl groups excluding tert-OH is 1. The zero-order valence-corrected chi connectivity index (χ0v) is 17.0. The van der Waals surface area contributed by atoms with Gasteiger partial charge in [-0.1, -0.05) is 59.4 Å². The van der Waals surface area contributed by atoms with Gasteiger partial charge in [0.25, 0.3) is 5.78 Å². The summed E-state index contributed by atoms with van der Waals surface area (Å²) in [5.41, 5.74) is 3.08. The van der Waals surface area contributed by atoms with Gasteiger partial charge in [0.15, 0.2) is 0 Å². The quantitative estimate of drug-likeness (QED) is 0.403. The number of Topliss-reactive ketones (excluding diaryl/α,β-unsaturated/α-hetero) is 1. The molecule has 0 spiro atoms. The molecule has 3 aromatic rings. The van der Waals surface area contributed by atoms with Gasteiger partial charge in [-0.15, -0.1) is 10.2 Å². The van der Waals surface area contributed by atoms with Crippen molar-refractivity contribution in [3.05, 3.63) is 81.4 Å². The molecule has 1 amide bonds. The molecule has 1 atom stereocenters. The summed E-state index contributed by atoms with van der Waals surface area (Å²) in [7, 11) is 0. The van der Waals surface area contributed by atoms with Crippen LogP contribution in [-0.2, 0) is 9.59 Å². The van der Waals surface area contributed by atoms with E-state index in [-0.39, 0.29) is 11.3 Å². The third kappa shape index (κ3) is 3.23. The number of ketones is 1. The Hall–Kier alpha value is -3.32. The highest BCUT2D eigenvalue weighted by Gasteiger charge is 2.48. The molecule has 4 rings (SSSR count). The molecule has 1 aliphatic heterocycles. The Morgan fingerprint density at radius 2 is 1.76 bits per heavy atom. The molecule has 6 nitrogen and oxygen atoms in total.